The molecule has 0 spiro atoms. The molecular weight excluding hydrogens is 210 g/mol. The van der Waals surface area contributed by atoms with Gasteiger partial charge in [0, 0.05) is 12.3 Å². The van der Waals surface area contributed by atoms with Gasteiger partial charge in [-0.15, -0.1) is 0 Å². The number of aromatic nitrogens is 1. The van der Waals surface area contributed by atoms with Crippen LogP contribution in [0.1, 0.15) is 28.5 Å². The summed E-state index contributed by atoms with van der Waals surface area (Å²) in [6.07, 6.45) is 0. The Labute approximate surface area is 93.2 Å². The summed E-state index contributed by atoms with van der Waals surface area (Å²) in [6.45, 7) is 5.48. The van der Waals surface area contributed by atoms with Gasteiger partial charge in [-0.25, -0.2) is 0 Å². The summed E-state index contributed by atoms with van der Waals surface area (Å²) in [5.41, 5.74) is 3.58. The van der Waals surface area contributed by atoms with E-state index in [1.165, 1.54) is 0 Å². The molecule has 0 aliphatic carbocycles. The maximum absolute atomic E-state index is 11.4. The Balaban J connectivity index is 2.88. The van der Waals surface area contributed by atoms with Gasteiger partial charge in [0.1, 0.15) is 0 Å². The van der Waals surface area contributed by atoms with E-state index >= 15 is 0 Å². The number of Topliss-reactive ketones (excluding diaryl/α,β-unsaturated/α-hetero) is 1. The van der Waals surface area contributed by atoms with Crippen molar-refractivity contribution in [3.8, 4) is 0 Å². The summed E-state index contributed by atoms with van der Waals surface area (Å²) < 4.78 is 0. The van der Waals surface area contributed by atoms with Crippen molar-refractivity contribution in [3.63, 3.8) is 0 Å². The van der Waals surface area contributed by atoms with Gasteiger partial charge >= 0.3 is 0 Å². The van der Waals surface area contributed by atoms with Gasteiger partial charge in [0.05, 0.1) is 16.2 Å². The number of rotatable bonds is 1. The van der Waals surface area contributed by atoms with Crippen molar-refractivity contribution in [2.24, 2.45) is 0 Å². The van der Waals surface area contributed by atoms with Crippen LogP contribution in [0.15, 0.2) is 12.1 Å². The van der Waals surface area contributed by atoms with Crippen LogP contribution in [0.2, 0.25) is 5.02 Å². The van der Waals surface area contributed by atoms with Crippen molar-refractivity contribution in [1.82, 2.24) is 4.98 Å². The van der Waals surface area contributed by atoms with Crippen molar-refractivity contribution in [1.29, 1.82) is 0 Å². The van der Waals surface area contributed by atoms with Gasteiger partial charge in [-0.1, -0.05) is 11.6 Å². The highest BCUT2D eigenvalue weighted by Crippen LogP contribution is 2.29. The van der Waals surface area contributed by atoms with Crippen LogP contribution >= 0.6 is 11.6 Å². The largest absolute Gasteiger partial charge is 0.351 e. The van der Waals surface area contributed by atoms with Crippen LogP contribution in [0.5, 0.6) is 0 Å². The lowest BCUT2D eigenvalue weighted by Gasteiger charge is -1.97. The molecule has 2 rings (SSSR count). The average molecular weight is 222 g/mol. The molecule has 0 aliphatic rings. The second-order valence-corrected chi connectivity index (χ2v) is 4.26. The topological polar surface area (TPSA) is 32.9 Å². The normalized spacial score (nSPS) is 10.9. The monoisotopic (exact) mass is 221 g/mol. The van der Waals surface area contributed by atoms with Crippen LogP contribution < -0.4 is 0 Å². The van der Waals surface area contributed by atoms with Crippen LogP contribution in [0, 0.1) is 13.8 Å². The maximum Gasteiger partial charge on any atom is 0.176 e. The Morgan fingerprint density at radius 3 is 2.60 bits per heavy atom. The SMILES string of the molecule is CC(=O)c1[nH]c2c(Cl)cc(C)cc2c1C. The molecule has 2 nitrogen and oxygen atoms in total. The molecule has 0 aliphatic heterocycles. The van der Waals surface area contributed by atoms with Crippen molar-refractivity contribution in [2.75, 3.05) is 0 Å². The molecule has 78 valence electrons. The first kappa shape index (κ1) is 10.2. The molecule has 1 N–H and O–H groups in total. The molecule has 0 unspecified atom stereocenters. The predicted molar refractivity (Wildman–Crippen MR) is 62.8 cm³/mol. The third-order valence-corrected chi connectivity index (χ3v) is 2.91. The van der Waals surface area contributed by atoms with E-state index in [-0.39, 0.29) is 5.78 Å². The molecule has 0 radical (unpaired) electrons. The number of carbonyl (C=O) groups is 1. The lowest BCUT2D eigenvalue weighted by molar-refractivity contribution is 0.101. The fraction of sp³-hybridized carbons (Fsp3) is 0.250. The molecule has 15 heavy (non-hydrogen) atoms. The van der Waals surface area contributed by atoms with Crippen molar-refractivity contribution < 1.29 is 4.79 Å². The van der Waals surface area contributed by atoms with E-state index in [1.54, 1.807) is 6.92 Å². The van der Waals surface area contributed by atoms with Gasteiger partial charge in [-0.2, -0.15) is 0 Å². The van der Waals surface area contributed by atoms with Crippen molar-refractivity contribution in [2.45, 2.75) is 20.8 Å². The zero-order chi connectivity index (χ0) is 11.2. The van der Waals surface area contributed by atoms with Gasteiger partial charge in [0.15, 0.2) is 5.78 Å². The molecule has 1 aromatic heterocycles. The molecule has 0 bridgehead atoms. The zero-order valence-electron chi connectivity index (χ0n) is 8.94. The zero-order valence-corrected chi connectivity index (χ0v) is 9.70. The van der Waals surface area contributed by atoms with E-state index in [9.17, 15) is 4.79 Å². The molecule has 1 aromatic carbocycles. The van der Waals surface area contributed by atoms with Gasteiger partial charge < -0.3 is 4.98 Å². The first-order valence-electron chi connectivity index (χ1n) is 4.80. The summed E-state index contributed by atoms with van der Waals surface area (Å²) in [4.78, 5) is 14.4. The highest BCUT2D eigenvalue weighted by atomic mass is 35.5. The van der Waals surface area contributed by atoms with Gasteiger partial charge in [-0.3, -0.25) is 4.79 Å². The Bertz CT molecular complexity index is 554. The number of carbonyl (C=O) groups excluding carboxylic acids is 1. The van der Waals surface area contributed by atoms with Crippen LogP contribution in [0.4, 0.5) is 0 Å². The fourth-order valence-corrected chi connectivity index (χ4v) is 2.19. The lowest BCUT2D eigenvalue weighted by atomic mass is 10.1. The van der Waals surface area contributed by atoms with Crippen LogP contribution in [-0.4, -0.2) is 10.8 Å². The molecule has 0 saturated heterocycles. The molecule has 0 fully saturated rings. The first-order chi connectivity index (χ1) is 7.00. The molecule has 3 heteroatoms. The number of H-pyrrole nitrogens is 1. The minimum atomic E-state index is 0.0393. The third kappa shape index (κ3) is 1.55. The smallest absolute Gasteiger partial charge is 0.176 e. The van der Waals surface area contributed by atoms with Crippen LogP contribution in [0.25, 0.3) is 10.9 Å². The molecular formula is C12H12ClNO. The van der Waals surface area contributed by atoms with E-state index < -0.39 is 0 Å². The Hall–Kier alpha value is -1.28. The minimum Gasteiger partial charge on any atom is -0.351 e. The maximum atomic E-state index is 11.4. The van der Waals surface area contributed by atoms with Gasteiger partial charge in [-0.05, 0) is 37.1 Å². The standard InChI is InChI=1S/C12H12ClNO/c1-6-4-9-7(2)11(8(3)15)14-12(9)10(13)5-6/h4-5,14H,1-3H3. The van der Waals surface area contributed by atoms with Gasteiger partial charge in [0.2, 0.25) is 0 Å². The number of aryl methyl sites for hydroxylation is 2. The first-order valence-corrected chi connectivity index (χ1v) is 5.18. The summed E-state index contributed by atoms with van der Waals surface area (Å²) in [6, 6.07) is 3.93. The number of aromatic amines is 1. The quantitative estimate of drug-likeness (QED) is 0.733. The molecule has 1 heterocycles. The second kappa shape index (κ2) is 3.38. The van der Waals surface area contributed by atoms with Crippen molar-refractivity contribution >= 4 is 28.3 Å². The van der Waals surface area contributed by atoms with E-state index in [0.717, 1.165) is 22.0 Å². The number of fused-ring (bicyclic) bond motifs is 1. The second-order valence-electron chi connectivity index (χ2n) is 3.85. The van der Waals surface area contributed by atoms with Crippen LogP contribution in [-0.2, 0) is 0 Å². The summed E-state index contributed by atoms with van der Waals surface area (Å²) in [5.74, 6) is 0.0393. The average Bonchev–Trinajstić information content (AvgIpc) is 2.44. The van der Waals surface area contributed by atoms with Crippen LogP contribution in [0.3, 0.4) is 0 Å². The third-order valence-electron chi connectivity index (χ3n) is 2.62. The van der Waals surface area contributed by atoms with E-state index in [2.05, 4.69) is 4.98 Å². The number of ketones is 1. The molecule has 0 saturated carbocycles. The number of hydrogen-bond acceptors (Lipinski definition) is 1. The van der Waals surface area contributed by atoms with Gasteiger partial charge in [0.25, 0.3) is 0 Å². The number of halogens is 1. The molecule has 2 aromatic rings. The van der Waals surface area contributed by atoms with E-state index in [0.29, 0.717) is 10.7 Å². The fourth-order valence-electron chi connectivity index (χ4n) is 1.87. The predicted octanol–water partition coefficient (Wildman–Crippen LogP) is 3.64. The summed E-state index contributed by atoms with van der Waals surface area (Å²) >= 11 is 6.11. The number of hydrogen-bond donors (Lipinski definition) is 1. The van der Waals surface area contributed by atoms with E-state index in [1.807, 2.05) is 26.0 Å². The molecule has 0 amide bonds. The Morgan fingerprint density at radius 1 is 1.33 bits per heavy atom. The highest BCUT2D eigenvalue weighted by molar-refractivity contribution is 6.35. The number of benzene rings is 1. The van der Waals surface area contributed by atoms with E-state index in [4.69, 9.17) is 11.6 Å². The number of nitrogens with one attached hydrogen (secondary N) is 1. The Kier molecular flexibility index (Phi) is 2.31. The molecule has 0 atom stereocenters. The summed E-state index contributed by atoms with van der Waals surface area (Å²) in [7, 11) is 0. The highest BCUT2D eigenvalue weighted by Gasteiger charge is 2.13. The summed E-state index contributed by atoms with van der Waals surface area (Å²) in [5, 5.41) is 1.70. The Morgan fingerprint density at radius 2 is 2.00 bits per heavy atom. The minimum absolute atomic E-state index is 0.0393. The van der Waals surface area contributed by atoms with Crippen molar-refractivity contribution in [3.05, 3.63) is 34.0 Å². The lowest BCUT2D eigenvalue weighted by Crippen LogP contribution is -1.93.